The third-order valence-corrected chi connectivity index (χ3v) is 8.61. The molecule has 4 aliphatic carbocycles. The number of rotatable bonds is 1. The number of carbonyl (C=O) groups is 1. The van der Waals surface area contributed by atoms with Crippen molar-refractivity contribution in [2.75, 3.05) is 0 Å². The number of hydrogen-bond acceptors (Lipinski definition) is 2. The van der Waals surface area contributed by atoms with Crippen molar-refractivity contribution in [3.8, 4) is 0 Å². The zero-order valence-electron chi connectivity index (χ0n) is 14.4. The summed E-state index contributed by atoms with van der Waals surface area (Å²) < 4.78 is 0. The van der Waals surface area contributed by atoms with E-state index >= 15 is 0 Å². The van der Waals surface area contributed by atoms with Gasteiger partial charge in [0.25, 0.3) is 0 Å². The molecule has 3 saturated carbocycles. The summed E-state index contributed by atoms with van der Waals surface area (Å²) in [5, 5.41) is 20.4. The monoisotopic (exact) mass is 318 g/mol. The molecule has 3 heteroatoms. The van der Waals surface area contributed by atoms with E-state index in [9.17, 15) is 15.0 Å². The molecular weight excluding hydrogens is 288 g/mol. The molecule has 2 unspecified atom stereocenters. The van der Waals surface area contributed by atoms with Crippen LogP contribution in [0, 0.1) is 40.4 Å². The molecule has 0 heterocycles. The molecule has 0 amide bonds. The molecule has 4 rings (SSSR count). The number of aliphatic hydroxyl groups is 1. The highest BCUT2D eigenvalue weighted by molar-refractivity contribution is 5.71. The third-order valence-electron chi connectivity index (χ3n) is 8.61. The van der Waals surface area contributed by atoms with Gasteiger partial charge in [-0.1, -0.05) is 13.8 Å². The molecule has 0 aromatic rings. The minimum absolute atomic E-state index is 0.0236. The maximum Gasteiger partial charge on any atom is 0.307 e. The predicted molar refractivity (Wildman–Crippen MR) is 88.9 cm³/mol. The van der Waals surface area contributed by atoms with Crippen molar-refractivity contribution in [2.24, 2.45) is 40.4 Å². The summed E-state index contributed by atoms with van der Waals surface area (Å²) in [5.41, 5.74) is -0.0754. The number of aliphatic hydroxyl groups excluding tert-OH is 1. The molecule has 128 valence electrons. The molecule has 0 saturated heterocycles. The van der Waals surface area contributed by atoms with Crippen molar-refractivity contribution in [2.45, 2.75) is 65.2 Å². The summed E-state index contributed by atoms with van der Waals surface area (Å²) in [4.78, 5) is 11.7. The molecule has 3 fully saturated rings. The largest absolute Gasteiger partial charge is 0.512 e. The quantitative estimate of drug-likeness (QED) is 0.731. The fourth-order valence-electron chi connectivity index (χ4n) is 7.32. The van der Waals surface area contributed by atoms with Crippen molar-refractivity contribution in [3.63, 3.8) is 0 Å². The Kier molecular flexibility index (Phi) is 3.38. The Morgan fingerprint density at radius 3 is 2.61 bits per heavy atom. The first-order chi connectivity index (χ1) is 10.9. The molecule has 3 nitrogen and oxygen atoms in total. The summed E-state index contributed by atoms with van der Waals surface area (Å²) in [5.74, 6) is 2.20. The molecule has 0 spiro atoms. The van der Waals surface area contributed by atoms with Crippen molar-refractivity contribution in [1.29, 1.82) is 0 Å². The average molecular weight is 318 g/mol. The highest BCUT2D eigenvalue weighted by Gasteiger charge is 2.62. The van der Waals surface area contributed by atoms with E-state index in [1.54, 1.807) is 0 Å². The summed E-state index contributed by atoms with van der Waals surface area (Å²) in [6, 6.07) is 0. The van der Waals surface area contributed by atoms with Crippen molar-refractivity contribution in [3.05, 3.63) is 11.8 Å². The summed E-state index contributed by atoms with van der Waals surface area (Å²) in [6.45, 7) is 4.54. The van der Waals surface area contributed by atoms with Crippen molar-refractivity contribution >= 4 is 5.97 Å². The van der Waals surface area contributed by atoms with Crippen LogP contribution >= 0.6 is 0 Å². The maximum atomic E-state index is 11.7. The normalized spacial score (nSPS) is 52.1. The van der Waals surface area contributed by atoms with Gasteiger partial charge in [0.05, 0.1) is 11.7 Å². The smallest absolute Gasteiger partial charge is 0.307 e. The van der Waals surface area contributed by atoms with E-state index in [4.69, 9.17) is 0 Å². The van der Waals surface area contributed by atoms with Crippen molar-refractivity contribution in [1.82, 2.24) is 0 Å². The minimum atomic E-state index is -0.589. The number of carboxylic acids is 1. The minimum Gasteiger partial charge on any atom is -0.512 e. The second kappa shape index (κ2) is 5.00. The van der Waals surface area contributed by atoms with E-state index in [-0.39, 0.29) is 16.7 Å². The van der Waals surface area contributed by atoms with Crippen LogP contribution in [-0.4, -0.2) is 16.2 Å². The number of fused-ring (bicyclic) bond motifs is 5. The molecule has 0 aromatic heterocycles. The van der Waals surface area contributed by atoms with Crippen LogP contribution in [0.4, 0.5) is 0 Å². The fraction of sp³-hybridized carbons (Fsp3) is 0.850. The Morgan fingerprint density at radius 1 is 1.09 bits per heavy atom. The Balaban J connectivity index is 1.69. The van der Waals surface area contributed by atoms with Gasteiger partial charge in [-0.15, -0.1) is 0 Å². The summed E-state index contributed by atoms with van der Waals surface area (Å²) in [7, 11) is 0. The molecule has 23 heavy (non-hydrogen) atoms. The van der Waals surface area contributed by atoms with Crippen LogP contribution in [0.2, 0.25) is 0 Å². The van der Waals surface area contributed by atoms with Gasteiger partial charge in [0.2, 0.25) is 0 Å². The molecule has 0 radical (unpaired) electrons. The Hall–Kier alpha value is -0.990. The first-order valence-electron chi connectivity index (χ1n) is 9.51. The van der Waals surface area contributed by atoms with Gasteiger partial charge in [-0.25, -0.2) is 0 Å². The number of hydrogen-bond donors (Lipinski definition) is 2. The van der Waals surface area contributed by atoms with Gasteiger partial charge >= 0.3 is 5.97 Å². The fourth-order valence-corrected chi connectivity index (χ4v) is 7.32. The topological polar surface area (TPSA) is 57.5 Å². The lowest BCUT2D eigenvalue weighted by atomic mass is 9.45. The molecule has 7 atom stereocenters. The van der Waals surface area contributed by atoms with Crippen LogP contribution in [-0.2, 0) is 4.79 Å². The van der Waals surface area contributed by atoms with Gasteiger partial charge < -0.3 is 10.2 Å². The van der Waals surface area contributed by atoms with Crippen LogP contribution < -0.4 is 0 Å². The maximum absolute atomic E-state index is 11.7. The average Bonchev–Trinajstić information content (AvgIpc) is 2.86. The van der Waals surface area contributed by atoms with Crippen LogP contribution in [0.25, 0.3) is 0 Å². The number of carboxylic acid groups (broad SMARTS) is 1. The lowest BCUT2D eigenvalue weighted by Crippen LogP contribution is -2.53. The molecule has 4 aliphatic rings. The Morgan fingerprint density at radius 2 is 1.87 bits per heavy atom. The Labute approximate surface area is 139 Å². The van der Waals surface area contributed by atoms with E-state index in [1.807, 2.05) is 0 Å². The zero-order chi connectivity index (χ0) is 16.4. The van der Waals surface area contributed by atoms with Crippen molar-refractivity contribution < 1.29 is 15.0 Å². The summed E-state index contributed by atoms with van der Waals surface area (Å²) in [6.07, 6.45) is 10.8. The van der Waals surface area contributed by atoms with E-state index in [2.05, 4.69) is 19.9 Å². The summed E-state index contributed by atoms with van der Waals surface area (Å²) >= 11 is 0. The highest BCUT2D eigenvalue weighted by Crippen LogP contribution is 2.67. The standard InChI is InChI=1S/C20H30O3/c1-19-11-10-15-13(14(19)8-9-16(19)18(22)23)7-6-12-4-3-5-17(21)20(12,15)2/h5,12-16,21H,3-4,6-11H2,1-2H3,(H,22,23)/t12?,13-,14-,15-,16?,19-,20-/m0/s1. The molecule has 2 N–H and O–H groups in total. The number of aliphatic carboxylic acids is 1. The van der Waals surface area contributed by atoms with E-state index in [1.165, 1.54) is 19.3 Å². The van der Waals surface area contributed by atoms with E-state index in [0.29, 0.717) is 29.4 Å². The molecule has 0 aliphatic heterocycles. The Bertz CT molecular complexity index is 553. The van der Waals surface area contributed by atoms with Crippen LogP contribution in [0.15, 0.2) is 11.8 Å². The van der Waals surface area contributed by atoms with Gasteiger partial charge in [-0.3, -0.25) is 4.79 Å². The van der Waals surface area contributed by atoms with Crippen LogP contribution in [0.3, 0.4) is 0 Å². The predicted octanol–water partition coefficient (Wildman–Crippen LogP) is 4.78. The highest BCUT2D eigenvalue weighted by atomic mass is 16.4. The SMILES string of the molecule is C[C@]12C(O)=CCCC1CC[C@@H]1[C@@H]2CC[C@]2(C)C(C(=O)O)CC[C@@H]12. The van der Waals surface area contributed by atoms with Gasteiger partial charge in [0.15, 0.2) is 0 Å². The lowest BCUT2D eigenvalue weighted by Gasteiger charge is -2.59. The molecular formula is C20H30O3. The molecule has 0 aromatic carbocycles. The van der Waals surface area contributed by atoms with Crippen LogP contribution in [0.1, 0.15) is 65.2 Å². The van der Waals surface area contributed by atoms with Gasteiger partial charge in [-0.2, -0.15) is 0 Å². The van der Waals surface area contributed by atoms with Crippen LogP contribution in [0.5, 0.6) is 0 Å². The first kappa shape index (κ1) is 15.5. The zero-order valence-corrected chi connectivity index (χ0v) is 14.4. The van der Waals surface area contributed by atoms with Gasteiger partial charge in [-0.05, 0) is 86.5 Å². The molecule has 0 bridgehead atoms. The van der Waals surface area contributed by atoms with E-state index < -0.39 is 5.97 Å². The lowest BCUT2D eigenvalue weighted by molar-refractivity contribution is -0.151. The second-order valence-electron chi connectivity index (χ2n) is 9.11. The third kappa shape index (κ3) is 1.91. The first-order valence-corrected chi connectivity index (χ1v) is 9.51. The second-order valence-corrected chi connectivity index (χ2v) is 9.11. The van der Waals surface area contributed by atoms with E-state index in [0.717, 1.165) is 32.1 Å². The number of allylic oxidation sites excluding steroid dienone is 2. The van der Waals surface area contributed by atoms with Gasteiger partial charge in [0, 0.05) is 5.41 Å². The van der Waals surface area contributed by atoms with Gasteiger partial charge in [0.1, 0.15) is 0 Å².